The first-order valence-corrected chi connectivity index (χ1v) is 5.41. The van der Waals surface area contributed by atoms with Crippen LogP contribution in [0.1, 0.15) is 36.7 Å². The minimum absolute atomic E-state index is 0.162. The predicted octanol–water partition coefficient (Wildman–Crippen LogP) is 2.20. The standard InChI is InChI=1S/C13H18N2O2/c1-13(2,3)14-9-10-7-5-6-8-11(10)12(16)15-17-4/h5-9H,1-4H3,(H,15,16). The fourth-order valence-corrected chi connectivity index (χ4v) is 1.23. The smallest absolute Gasteiger partial charge is 0.275 e. The lowest BCUT2D eigenvalue weighted by Crippen LogP contribution is -2.23. The third kappa shape index (κ3) is 4.36. The summed E-state index contributed by atoms with van der Waals surface area (Å²) in [6.07, 6.45) is 1.71. The lowest BCUT2D eigenvalue weighted by atomic mass is 10.1. The van der Waals surface area contributed by atoms with E-state index in [1.165, 1.54) is 7.11 Å². The van der Waals surface area contributed by atoms with Crippen LogP contribution in [-0.4, -0.2) is 24.8 Å². The van der Waals surface area contributed by atoms with Crippen molar-refractivity contribution < 1.29 is 9.63 Å². The minimum Gasteiger partial charge on any atom is -0.287 e. The first-order chi connectivity index (χ1) is 7.94. The molecule has 17 heavy (non-hydrogen) atoms. The van der Waals surface area contributed by atoms with Crippen molar-refractivity contribution in [3.05, 3.63) is 35.4 Å². The Bertz CT molecular complexity index is 420. The van der Waals surface area contributed by atoms with E-state index in [1.807, 2.05) is 32.9 Å². The molecule has 0 heterocycles. The zero-order valence-corrected chi connectivity index (χ0v) is 10.7. The highest BCUT2D eigenvalue weighted by molar-refractivity contribution is 6.01. The SMILES string of the molecule is CONC(=O)c1ccccc1C=NC(C)(C)C. The van der Waals surface area contributed by atoms with E-state index in [-0.39, 0.29) is 11.4 Å². The van der Waals surface area contributed by atoms with Crippen molar-refractivity contribution in [2.45, 2.75) is 26.3 Å². The summed E-state index contributed by atoms with van der Waals surface area (Å²) in [6, 6.07) is 7.25. The molecular weight excluding hydrogens is 216 g/mol. The van der Waals surface area contributed by atoms with Gasteiger partial charge in [0.25, 0.3) is 5.91 Å². The van der Waals surface area contributed by atoms with Gasteiger partial charge in [0.2, 0.25) is 0 Å². The molecule has 0 saturated heterocycles. The van der Waals surface area contributed by atoms with Crippen molar-refractivity contribution in [3.8, 4) is 0 Å². The normalized spacial score (nSPS) is 11.8. The Hall–Kier alpha value is -1.68. The zero-order chi connectivity index (χ0) is 12.9. The molecule has 1 amide bonds. The van der Waals surface area contributed by atoms with Crippen LogP contribution >= 0.6 is 0 Å². The Labute approximate surface area is 102 Å². The van der Waals surface area contributed by atoms with Crippen LogP contribution in [0.4, 0.5) is 0 Å². The molecule has 0 radical (unpaired) electrons. The summed E-state index contributed by atoms with van der Waals surface area (Å²) >= 11 is 0. The van der Waals surface area contributed by atoms with Crippen LogP contribution in [0.25, 0.3) is 0 Å². The van der Waals surface area contributed by atoms with Gasteiger partial charge in [-0.3, -0.25) is 14.6 Å². The fourth-order valence-electron chi connectivity index (χ4n) is 1.23. The highest BCUT2D eigenvalue weighted by Crippen LogP contribution is 2.10. The third-order valence-electron chi connectivity index (χ3n) is 1.99. The quantitative estimate of drug-likeness (QED) is 0.644. The first-order valence-electron chi connectivity index (χ1n) is 5.41. The van der Waals surface area contributed by atoms with Crippen LogP contribution in [0.2, 0.25) is 0 Å². The second kappa shape index (κ2) is 5.59. The maximum Gasteiger partial charge on any atom is 0.275 e. The van der Waals surface area contributed by atoms with Crippen LogP contribution in [-0.2, 0) is 4.84 Å². The summed E-state index contributed by atoms with van der Waals surface area (Å²) in [7, 11) is 1.41. The van der Waals surface area contributed by atoms with E-state index in [1.54, 1.807) is 18.3 Å². The van der Waals surface area contributed by atoms with Gasteiger partial charge in [-0.1, -0.05) is 18.2 Å². The fraction of sp³-hybridized carbons (Fsp3) is 0.385. The highest BCUT2D eigenvalue weighted by atomic mass is 16.6. The van der Waals surface area contributed by atoms with Gasteiger partial charge in [-0.2, -0.15) is 0 Å². The lowest BCUT2D eigenvalue weighted by Gasteiger charge is -2.11. The Morgan fingerprint density at radius 1 is 1.35 bits per heavy atom. The number of benzene rings is 1. The van der Waals surface area contributed by atoms with Crippen LogP contribution in [0.5, 0.6) is 0 Å². The first kappa shape index (κ1) is 13.4. The Kier molecular flexibility index (Phi) is 4.40. The number of aliphatic imine (C=N–C) groups is 1. The van der Waals surface area contributed by atoms with Gasteiger partial charge in [0, 0.05) is 11.8 Å². The van der Waals surface area contributed by atoms with Crippen molar-refractivity contribution in [2.75, 3.05) is 7.11 Å². The molecule has 0 aliphatic carbocycles. The number of hydrogen-bond acceptors (Lipinski definition) is 3. The van der Waals surface area contributed by atoms with Gasteiger partial charge < -0.3 is 0 Å². The topological polar surface area (TPSA) is 50.7 Å². The van der Waals surface area contributed by atoms with Crippen LogP contribution in [0, 0.1) is 0 Å². The number of amides is 1. The summed E-state index contributed by atoms with van der Waals surface area (Å²) in [6.45, 7) is 6.00. The number of hydrogen-bond donors (Lipinski definition) is 1. The molecule has 4 heteroatoms. The van der Waals surface area contributed by atoms with Gasteiger partial charge >= 0.3 is 0 Å². The van der Waals surface area contributed by atoms with Gasteiger partial charge in [0.1, 0.15) is 0 Å². The second-order valence-corrected chi connectivity index (χ2v) is 4.65. The molecule has 0 aromatic heterocycles. The number of nitrogens with one attached hydrogen (secondary N) is 1. The van der Waals surface area contributed by atoms with E-state index in [0.29, 0.717) is 5.56 Å². The molecule has 0 aliphatic rings. The molecular formula is C13H18N2O2. The molecule has 0 atom stereocenters. The average Bonchev–Trinajstić information content (AvgIpc) is 2.26. The Morgan fingerprint density at radius 3 is 2.59 bits per heavy atom. The summed E-state index contributed by atoms with van der Waals surface area (Å²) in [5.41, 5.74) is 3.46. The van der Waals surface area contributed by atoms with Gasteiger partial charge in [-0.25, -0.2) is 5.48 Å². The molecule has 0 bridgehead atoms. The van der Waals surface area contributed by atoms with Gasteiger partial charge in [0.15, 0.2) is 0 Å². The van der Waals surface area contributed by atoms with Crippen LogP contribution in [0.15, 0.2) is 29.3 Å². The minimum atomic E-state index is -0.275. The van der Waals surface area contributed by atoms with Crippen molar-refractivity contribution in [1.29, 1.82) is 0 Å². The largest absolute Gasteiger partial charge is 0.287 e. The number of carbonyl (C=O) groups excluding carboxylic acids is 1. The molecule has 1 N–H and O–H groups in total. The summed E-state index contributed by atoms with van der Waals surface area (Å²) in [4.78, 5) is 20.7. The van der Waals surface area contributed by atoms with Crippen molar-refractivity contribution in [1.82, 2.24) is 5.48 Å². The van der Waals surface area contributed by atoms with Crippen LogP contribution in [0.3, 0.4) is 0 Å². The average molecular weight is 234 g/mol. The third-order valence-corrected chi connectivity index (χ3v) is 1.99. The van der Waals surface area contributed by atoms with Crippen molar-refractivity contribution >= 4 is 12.1 Å². The monoisotopic (exact) mass is 234 g/mol. The molecule has 1 aromatic rings. The van der Waals surface area contributed by atoms with E-state index in [2.05, 4.69) is 15.3 Å². The molecule has 0 aliphatic heterocycles. The Morgan fingerprint density at radius 2 is 2.00 bits per heavy atom. The lowest BCUT2D eigenvalue weighted by molar-refractivity contribution is 0.0537. The number of nitrogens with zero attached hydrogens (tertiary/aromatic N) is 1. The zero-order valence-electron chi connectivity index (χ0n) is 10.7. The van der Waals surface area contributed by atoms with E-state index < -0.39 is 0 Å². The molecule has 0 unspecified atom stereocenters. The van der Waals surface area contributed by atoms with Crippen LogP contribution < -0.4 is 5.48 Å². The summed E-state index contributed by atoms with van der Waals surface area (Å²) in [5.74, 6) is -0.275. The Balaban J connectivity index is 3.00. The molecule has 4 nitrogen and oxygen atoms in total. The molecule has 92 valence electrons. The van der Waals surface area contributed by atoms with E-state index >= 15 is 0 Å². The highest BCUT2D eigenvalue weighted by Gasteiger charge is 2.10. The number of hydroxylamine groups is 1. The van der Waals surface area contributed by atoms with Gasteiger partial charge in [0.05, 0.1) is 18.2 Å². The number of rotatable bonds is 3. The summed E-state index contributed by atoms with van der Waals surface area (Å²) < 4.78 is 0. The van der Waals surface area contributed by atoms with Gasteiger partial charge in [-0.15, -0.1) is 0 Å². The van der Waals surface area contributed by atoms with Crippen molar-refractivity contribution in [2.24, 2.45) is 4.99 Å². The summed E-state index contributed by atoms with van der Waals surface area (Å²) in [5, 5.41) is 0. The van der Waals surface area contributed by atoms with Gasteiger partial charge in [-0.05, 0) is 26.8 Å². The van der Waals surface area contributed by atoms with E-state index in [9.17, 15) is 4.79 Å². The van der Waals surface area contributed by atoms with Crippen molar-refractivity contribution in [3.63, 3.8) is 0 Å². The molecule has 0 spiro atoms. The molecule has 0 fully saturated rings. The predicted molar refractivity (Wildman–Crippen MR) is 68.3 cm³/mol. The number of carbonyl (C=O) groups is 1. The molecule has 1 rings (SSSR count). The maximum absolute atomic E-state index is 11.7. The molecule has 0 saturated carbocycles. The maximum atomic E-state index is 11.7. The van der Waals surface area contributed by atoms with E-state index in [4.69, 9.17) is 0 Å². The van der Waals surface area contributed by atoms with E-state index in [0.717, 1.165) is 5.56 Å². The molecule has 1 aromatic carbocycles. The second-order valence-electron chi connectivity index (χ2n) is 4.65.